The predicted octanol–water partition coefficient (Wildman–Crippen LogP) is -0.185. The zero-order chi connectivity index (χ0) is 9.41. The lowest BCUT2D eigenvalue weighted by Crippen LogP contribution is -2.50. The highest BCUT2D eigenvalue weighted by Crippen LogP contribution is 2.46. The summed E-state index contributed by atoms with van der Waals surface area (Å²) in [5.74, 6) is 0. The van der Waals surface area contributed by atoms with Gasteiger partial charge in [-0.15, -0.1) is 0 Å². The lowest BCUT2D eigenvalue weighted by Gasteiger charge is -2.42. The maximum atomic E-state index is 9.97. The van der Waals surface area contributed by atoms with E-state index >= 15 is 0 Å². The molecule has 0 bridgehead atoms. The van der Waals surface area contributed by atoms with Gasteiger partial charge in [-0.3, -0.25) is 0 Å². The molecule has 4 nitrogen and oxygen atoms in total. The number of rotatable bonds is 1. The van der Waals surface area contributed by atoms with E-state index in [1.54, 1.807) is 0 Å². The van der Waals surface area contributed by atoms with Crippen molar-refractivity contribution in [2.45, 2.75) is 24.8 Å². The molecule has 1 aliphatic rings. The first-order valence-electron chi connectivity index (χ1n) is 3.82. The van der Waals surface area contributed by atoms with E-state index in [4.69, 9.17) is 13.9 Å². The van der Waals surface area contributed by atoms with Gasteiger partial charge in [0, 0.05) is 0 Å². The molecule has 0 atom stereocenters. The van der Waals surface area contributed by atoms with Crippen LogP contribution in [0, 0.1) is 0 Å². The van der Waals surface area contributed by atoms with Gasteiger partial charge in [0.2, 0.25) is 0 Å². The second-order valence-corrected chi connectivity index (χ2v) is 5.06. The molecule has 0 aromatic carbocycles. The number of hydrogen-bond donors (Lipinski definition) is 2. The Morgan fingerprint density at radius 1 is 1.42 bits per heavy atom. The van der Waals surface area contributed by atoms with Crippen LogP contribution >= 0.6 is 8.60 Å². The van der Waals surface area contributed by atoms with Crippen molar-refractivity contribution in [2.24, 2.45) is 0 Å². The van der Waals surface area contributed by atoms with Crippen molar-refractivity contribution in [3.63, 3.8) is 0 Å². The number of hydrogen-bond acceptors (Lipinski definition) is 4. The molecule has 0 aliphatic carbocycles. The Morgan fingerprint density at radius 3 is 2.17 bits per heavy atom. The first kappa shape index (κ1) is 10.4. The van der Waals surface area contributed by atoms with E-state index in [2.05, 4.69) is 0 Å². The molecule has 0 amide bonds. The average molecular weight is 192 g/mol. The standard InChI is InChI=1S/C6H14BO4P/c1-5(2,7)6(8)3-10-12(9)11-4-6/h8-9H,3-4,7H2,1-2H3. The molecule has 12 heavy (non-hydrogen) atoms. The van der Waals surface area contributed by atoms with Gasteiger partial charge in [-0.1, -0.05) is 13.8 Å². The highest BCUT2D eigenvalue weighted by molar-refractivity contribution is 7.40. The van der Waals surface area contributed by atoms with Gasteiger partial charge in [0.1, 0.15) is 13.4 Å². The Balaban J connectivity index is 2.62. The molecule has 0 unspecified atom stereocenters. The van der Waals surface area contributed by atoms with Gasteiger partial charge >= 0.3 is 8.60 Å². The highest BCUT2D eigenvalue weighted by Gasteiger charge is 2.44. The molecule has 1 saturated heterocycles. The van der Waals surface area contributed by atoms with E-state index in [0.29, 0.717) is 0 Å². The van der Waals surface area contributed by atoms with Gasteiger partial charge in [-0.25, -0.2) is 0 Å². The van der Waals surface area contributed by atoms with Crippen LogP contribution in [0.2, 0.25) is 5.31 Å². The summed E-state index contributed by atoms with van der Waals surface area (Å²) in [6.07, 6.45) is 0. The number of aliphatic hydroxyl groups is 1. The van der Waals surface area contributed by atoms with Crippen molar-refractivity contribution in [3.05, 3.63) is 0 Å². The lowest BCUT2D eigenvalue weighted by atomic mass is 9.61. The Kier molecular flexibility index (Phi) is 2.81. The van der Waals surface area contributed by atoms with E-state index in [9.17, 15) is 5.11 Å². The summed E-state index contributed by atoms with van der Waals surface area (Å²) in [5.41, 5.74) is -0.992. The van der Waals surface area contributed by atoms with Crippen LogP contribution in [-0.4, -0.2) is 36.7 Å². The summed E-state index contributed by atoms with van der Waals surface area (Å²) >= 11 is 0. The minimum Gasteiger partial charge on any atom is -0.385 e. The first-order valence-corrected chi connectivity index (χ1v) is 4.95. The molecule has 1 rings (SSSR count). The topological polar surface area (TPSA) is 58.9 Å². The third-order valence-corrected chi connectivity index (χ3v) is 2.92. The highest BCUT2D eigenvalue weighted by atomic mass is 31.2. The zero-order valence-electron chi connectivity index (χ0n) is 7.57. The molecule has 0 spiro atoms. The van der Waals surface area contributed by atoms with Gasteiger partial charge < -0.3 is 19.0 Å². The van der Waals surface area contributed by atoms with E-state index in [-0.39, 0.29) is 18.5 Å². The molecule has 0 aromatic heterocycles. The summed E-state index contributed by atoms with van der Waals surface area (Å²) in [6, 6.07) is 0. The minimum atomic E-state index is -1.76. The van der Waals surface area contributed by atoms with Crippen molar-refractivity contribution < 1.29 is 19.0 Å². The molecule has 0 radical (unpaired) electrons. The Hall–Kier alpha value is 0.335. The zero-order valence-corrected chi connectivity index (χ0v) is 8.47. The van der Waals surface area contributed by atoms with Crippen LogP contribution in [0.15, 0.2) is 0 Å². The monoisotopic (exact) mass is 192 g/mol. The van der Waals surface area contributed by atoms with Gasteiger partial charge in [-0.05, 0) is 5.31 Å². The first-order chi connectivity index (χ1) is 5.35. The SMILES string of the molecule is BC(C)(C)C1(O)COP(O)OC1. The molecular formula is C6H14BO4P. The molecule has 6 heteroatoms. The third kappa shape index (κ3) is 1.98. The summed E-state index contributed by atoms with van der Waals surface area (Å²) in [6.45, 7) is 4.09. The molecule has 2 N–H and O–H groups in total. The Bertz CT molecular complexity index is 161. The van der Waals surface area contributed by atoms with E-state index in [1.165, 1.54) is 0 Å². The Morgan fingerprint density at radius 2 is 1.83 bits per heavy atom. The Labute approximate surface area is 74.3 Å². The van der Waals surface area contributed by atoms with Crippen LogP contribution in [0.5, 0.6) is 0 Å². The van der Waals surface area contributed by atoms with Gasteiger partial charge in [0.05, 0.1) is 13.2 Å². The van der Waals surface area contributed by atoms with Crippen LogP contribution in [0.3, 0.4) is 0 Å². The predicted molar refractivity (Wildman–Crippen MR) is 48.6 cm³/mol. The fourth-order valence-corrected chi connectivity index (χ4v) is 1.56. The van der Waals surface area contributed by atoms with Gasteiger partial charge in [-0.2, -0.15) is 0 Å². The maximum Gasteiger partial charge on any atom is 0.330 e. The minimum absolute atomic E-state index is 0.138. The van der Waals surface area contributed by atoms with Crippen molar-refractivity contribution >= 4 is 16.4 Å². The summed E-state index contributed by atoms with van der Waals surface area (Å²) in [4.78, 5) is 8.92. The summed E-state index contributed by atoms with van der Waals surface area (Å²) < 4.78 is 9.74. The van der Waals surface area contributed by atoms with Crippen LogP contribution in [-0.2, 0) is 9.05 Å². The molecule has 0 aromatic rings. The average Bonchev–Trinajstić information content (AvgIpc) is 1.93. The van der Waals surface area contributed by atoms with E-state index in [0.717, 1.165) is 0 Å². The van der Waals surface area contributed by atoms with Gasteiger partial charge in [0.15, 0.2) is 0 Å². The van der Waals surface area contributed by atoms with Crippen molar-refractivity contribution in [2.75, 3.05) is 13.2 Å². The van der Waals surface area contributed by atoms with E-state index < -0.39 is 14.2 Å². The molecule has 1 fully saturated rings. The van der Waals surface area contributed by atoms with E-state index in [1.807, 2.05) is 21.7 Å². The van der Waals surface area contributed by atoms with Crippen LogP contribution in [0.25, 0.3) is 0 Å². The summed E-state index contributed by atoms with van der Waals surface area (Å²) in [7, 11) is 0.150. The molecule has 70 valence electrons. The third-order valence-electron chi connectivity index (χ3n) is 2.22. The molecular weight excluding hydrogens is 178 g/mol. The second-order valence-electron chi connectivity index (χ2n) is 4.07. The maximum absolute atomic E-state index is 9.97. The largest absolute Gasteiger partial charge is 0.385 e. The van der Waals surface area contributed by atoms with Gasteiger partial charge in [0.25, 0.3) is 0 Å². The smallest absolute Gasteiger partial charge is 0.330 e. The van der Waals surface area contributed by atoms with Crippen molar-refractivity contribution in [3.8, 4) is 0 Å². The van der Waals surface area contributed by atoms with Crippen LogP contribution in [0.4, 0.5) is 0 Å². The second kappa shape index (κ2) is 3.24. The lowest BCUT2D eigenvalue weighted by molar-refractivity contribution is -0.0958. The van der Waals surface area contributed by atoms with Crippen molar-refractivity contribution in [1.82, 2.24) is 0 Å². The van der Waals surface area contributed by atoms with Crippen LogP contribution in [0.1, 0.15) is 13.8 Å². The van der Waals surface area contributed by atoms with Crippen molar-refractivity contribution in [1.29, 1.82) is 0 Å². The molecule has 1 aliphatic heterocycles. The fourth-order valence-electron chi connectivity index (χ4n) is 0.836. The summed E-state index contributed by atoms with van der Waals surface area (Å²) in [5, 5.41) is 9.67. The molecule has 1 heterocycles. The quantitative estimate of drug-likeness (QED) is 0.446. The normalized spacial score (nSPS) is 38.2. The molecule has 0 saturated carbocycles. The fraction of sp³-hybridized carbons (Fsp3) is 1.00. The van der Waals surface area contributed by atoms with Crippen LogP contribution < -0.4 is 0 Å².